The van der Waals surface area contributed by atoms with E-state index in [1.54, 1.807) is 0 Å². The molecule has 1 amide bonds. The Hall–Kier alpha value is -2.41. The molecule has 4 rings (SSSR count). The van der Waals surface area contributed by atoms with Crippen molar-refractivity contribution in [1.29, 1.82) is 0 Å². The van der Waals surface area contributed by atoms with Crippen molar-refractivity contribution < 1.29 is 14.1 Å². The molecule has 7 heteroatoms. The molecule has 1 saturated heterocycles. The Morgan fingerprint density at radius 3 is 3.25 bits per heavy atom. The monoisotopic (exact) mass is 328 g/mol. The number of aromatic nitrogens is 2. The second-order valence-corrected chi connectivity index (χ2v) is 6.12. The third-order valence-corrected chi connectivity index (χ3v) is 4.43. The van der Waals surface area contributed by atoms with Crippen LogP contribution in [0.25, 0.3) is 11.4 Å². The number of fused-ring (bicyclic) bond motifs is 1. The lowest BCUT2D eigenvalue weighted by Crippen LogP contribution is -2.41. The summed E-state index contributed by atoms with van der Waals surface area (Å²) in [5.74, 6) is 2.08. The number of hydrogen-bond acceptors (Lipinski definition) is 6. The molecule has 2 N–H and O–H groups in total. The van der Waals surface area contributed by atoms with Gasteiger partial charge in [-0.1, -0.05) is 5.16 Å². The zero-order chi connectivity index (χ0) is 16.4. The largest absolute Gasteiger partial charge is 0.493 e. The first-order valence-electron chi connectivity index (χ1n) is 8.39. The number of carbonyl (C=O) groups is 1. The fourth-order valence-corrected chi connectivity index (χ4v) is 3.12. The molecule has 126 valence electrons. The van der Waals surface area contributed by atoms with Crippen molar-refractivity contribution in [3.63, 3.8) is 0 Å². The van der Waals surface area contributed by atoms with Crippen molar-refractivity contribution in [1.82, 2.24) is 20.8 Å². The molecule has 2 aliphatic heterocycles. The molecule has 1 fully saturated rings. The lowest BCUT2D eigenvalue weighted by atomic mass is 10.1. The van der Waals surface area contributed by atoms with Gasteiger partial charge in [-0.15, -0.1) is 0 Å². The first-order valence-corrected chi connectivity index (χ1v) is 8.39. The molecule has 2 aromatic rings. The van der Waals surface area contributed by atoms with Gasteiger partial charge in [-0.05, 0) is 43.1 Å². The van der Waals surface area contributed by atoms with Gasteiger partial charge < -0.3 is 19.9 Å². The summed E-state index contributed by atoms with van der Waals surface area (Å²) in [7, 11) is 0. The molecule has 0 bridgehead atoms. The summed E-state index contributed by atoms with van der Waals surface area (Å²) in [5.41, 5.74) is 2.10. The highest BCUT2D eigenvalue weighted by molar-refractivity contribution is 5.81. The molecule has 24 heavy (non-hydrogen) atoms. The highest BCUT2D eigenvalue weighted by Gasteiger charge is 2.21. The standard InChI is InChI=1S/C17H20N4O3/c22-17(13-2-1-7-18-13)19-8-5-15-20-16(21-24-15)12-3-4-14-11(10-12)6-9-23-14/h3-4,10,13,18H,1-2,5-9H2,(H,19,22). The summed E-state index contributed by atoms with van der Waals surface area (Å²) in [5, 5.41) is 10.1. The van der Waals surface area contributed by atoms with Gasteiger partial charge in [0.2, 0.25) is 17.6 Å². The van der Waals surface area contributed by atoms with Crippen LogP contribution in [0.1, 0.15) is 24.3 Å². The van der Waals surface area contributed by atoms with E-state index >= 15 is 0 Å². The quantitative estimate of drug-likeness (QED) is 0.854. The summed E-state index contributed by atoms with van der Waals surface area (Å²) in [6, 6.07) is 5.87. The zero-order valence-corrected chi connectivity index (χ0v) is 13.4. The number of benzene rings is 1. The first kappa shape index (κ1) is 15.1. The molecule has 2 aliphatic rings. The fraction of sp³-hybridized carbons (Fsp3) is 0.471. The predicted molar refractivity (Wildman–Crippen MR) is 86.7 cm³/mol. The maximum absolute atomic E-state index is 11.9. The van der Waals surface area contributed by atoms with Crippen LogP contribution in [0.5, 0.6) is 5.75 Å². The van der Waals surface area contributed by atoms with Crippen molar-refractivity contribution in [3.8, 4) is 17.1 Å². The first-order chi connectivity index (χ1) is 11.8. The summed E-state index contributed by atoms with van der Waals surface area (Å²) in [6.07, 6.45) is 3.39. The van der Waals surface area contributed by atoms with Gasteiger partial charge in [0.25, 0.3) is 0 Å². The van der Waals surface area contributed by atoms with Crippen LogP contribution in [0.2, 0.25) is 0 Å². The van der Waals surface area contributed by atoms with E-state index in [0.717, 1.165) is 43.7 Å². The SMILES string of the molecule is O=C(NCCc1nc(-c2ccc3c(c2)CCO3)no1)C1CCCN1. The van der Waals surface area contributed by atoms with Gasteiger partial charge in [0.1, 0.15) is 5.75 Å². The molecular weight excluding hydrogens is 308 g/mol. The molecular formula is C17H20N4O3. The van der Waals surface area contributed by atoms with Gasteiger partial charge in [-0.25, -0.2) is 0 Å². The molecule has 1 aromatic carbocycles. The maximum atomic E-state index is 11.9. The van der Waals surface area contributed by atoms with E-state index < -0.39 is 0 Å². The second kappa shape index (κ2) is 6.60. The fourth-order valence-electron chi connectivity index (χ4n) is 3.12. The number of carbonyl (C=O) groups excluding carboxylic acids is 1. The Morgan fingerprint density at radius 2 is 2.38 bits per heavy atom. The number of amides is 1. The molecule has 1 unspecified atom stereocenters. The van der Waals surface area contributed by atoms with E-state index in [4.69, 9.17) is 9.26 Å². The summed E-state index contributed by atoms with van der Waals surface area (Å²) >= 11 is 0. The molecule has 0 spiro atoms. The van der Waals surface area contributed by atoms with Crippen molar-refractivity contribution in [3.05, 3.63) is 29.7 Å². The molecule has 3 heterocycles. The van der Waals surface area contributed by atoms with Crippen LogP contribution < -0.4 is 15.4 Å². The van der Waals surface area contributed by atoms with E-state index in [-0.39, 0.29) is 11.9 Å². The van der Waals surface area contributed by atoms with Crippen LogP contribution in [-0.2, 0) is 17.6 Å². The normalized spacial score (nSPS) is 19.1. The van der Waals surface area contributed by atoms with Crippen LogP contribution in [0.4, 0.5) is 0 Å². The molecule has 1 aromatic heterocycles. The highest BCUT2D eigenvalue weighted by Crippen LogP contribution is 2.29. The average Bonchev–Trinajstić information content (AvgIpc) is 3.34. The number of ether oxygens (including phenoxy) is 1. The molecule has 0 aliphatic carbocycles. The molecule has 7 nitrogen and oxygen atoms in total. The summed E-state index contributed by atoms with van der Waals surface area (Å²) in [6.45, 7) is 2.14. The highest BCUT2D eigenvalue weighted by atomic mass is 16.5. The number of hydrogen-bond donors (Lipinski definition) is 2. The third-order valence-electron chi connectivity index (χ3n) is 4.43. The maximum Gasteiger partial charge on any atom is 0.237 e. The van der Waals surface area contributed by atoms with Gasteiger partial charge in [0.15, 0.2) is 0 Å². The minimum Gasteiger partial charge on any atom is -0.493 e. The van der Waals surface area contributed by atoms with Crippen molar-refractivity contribution >= 4 is 5.91 Å². The minimum atomic E-state index is -0.0584. The number of nitrogens with zero attached hydrogens (tertiary/aromatic N) is 2. The van der Waals surface area contributed by atoms with Gasteiger partial charge >= 0.3 is 0 Å². The predicted octanol–water partition coefficient (Wildman–Crippen LogP) is 1.08. The van der Waals surface area contributed by atoms with Crippen LogP contribution in [-0.4, -0.2) is 41.8 Å². The van der Waals surface area contributed by atoms with Crippen molar-refractivity contribution in [2.45, 2.75) is 31.7 Å². The minimum absolute atomic E-state index is 0.0471. The van der Waals surface area contributed by atoms with Crippen LogP contribution in [0.15, 0.2) is 22.7 Å². The third kappa shape index (κ3) is 3.12. The Balaban J connectivity index is 1.34. The molecule has 0 radical (unpaired) electrons. The molecule has 0 saturated carbocycles. The lowest BCUT2D eigenvalue weighted by Gasteiger charge is -2.09. The van der Waals surface area contributed by atoms with Crippen LogP contribution in [0, 0.1) is 0 Å². The van der Waals surface area contributed by atoms with Gasteiger partial charge in [0, 0.05) is 24.9 Å². The van der Waals surface area contributed by atoms with E-state index in [1.165, 1.54) is 5.56 Å². The van der Waals surface area contributed by atoms with Crippen molar-refractivity contribution in [2.75, 3.05) is 19.7 Å². The summed E-state index contributed by atoms with van der Waals surface area (Å²) in [4.78, 5) is 16.3. The van der Waals surface area contributed by atoms with Gasteiger partial charge in [0.05, 0.1) is 12.6 Å². The Labute approximate surface area is 139 Å². The van der Waals surface area contributed by atoms with E-state index in [2.05, 4.69) is 20.8 Å². The smallest absolute Gasteiger partial charge is 0.237 e. The van der Waals surface area contributed by atoms with Crippen molar-refractivity contribution in [2.24, 2.45) is 0 Å². The van der Waals surface area contributed by atoms with Crippen LogP contribution >= 0.6 is 0 Å². The second-order valence-electron chi connectivity index (χ2n) is 6.12. The Morgan fingerprint density at radius 1 is 1.42 bits per heavy atom. The van der Waals surface area contributed by atoms with E-state index in [0.29, 0.717) is 24.7 Å². The zero-order valence-electron chi connectivity index (χ0n) is 13.4. The Bertz CT molecular complexity index is 737. The topological polar surface area (TPSA) is 89.3 Å². The Kier molecular flexibility index (Phi) is 4.17. The lowest BCUT2D eigenvalue weighted by molar-refractivity contribution is -0.122. The van der Waals surface area contributed by atoms with E-state index in [9.17, 15) is 4.79 Å². The molecule has 1 atom stereocenters. The average molecular weight is 328 g/mol. The summed E-state index contributed by atoms with van der Waals surface area (Å²) < 4.78 is 10.8. The van der Waals surface area contributed by atoms with Gasteiger partial charge in [-0.3, -0.25) is 4.79 Å². The number of nitrogens with one attached hydrogen (secondary N) is 2. The number of rotatable bonds is 5. The van der Waals surface area contributed by atoms with Gasteiger partial charge in [-0.2, -0.15) is 4.98 Å². The van der Waals surface area contributed by atoms with Crippen LogP contribution in [0.3, 0.4) is 0 Å². The van der Waals surface area contributed by atoms with E-state index in [1.807, 2.05) is 18.2 Å².